The Balaban J connectivity index is 1.58. The van der Waals surface area contributed by atoms with Gasteiger partial charge in [0.15, 0.2) is 0 Å². The number of hydrogen-bond donors (Lipinski definition) is 0. The first-order valence-electron chi connectivity index (χ1n) is 10.1. The summed E-state index contributed by atoms with van der Waals surface area (Å²) < 4.78 is 7.04. The van der Waals surface area contributed by atoms with Gasteiger partial charge in [-0.1, -0.05) is 50.7 Å². The van der Waals surface area contributed by atoms with E-state index in [1.807, 2.05) is 22.7 Å². The third-order valence-corrected chi connectivity index (χ3v) is 7.96. The first kappa shape index (κ1) is 17.8. The lowest BCUT2D eigenvalue weighted by molar-refractivity contribution is -0.0831. The molecular weight excluding hydrogens is 344 g/mol. The van der Waals surface area contributed by atoms with Gasteiger partial charge in [-0.05, 0) is 60.4 Å². The van der Waals surface area contributed by atoms with Crippen molar-refractivity contribution in [2.45, 2.75) is 76.4 Å². The minimum absolute atomic E-state index is 0.300. The second kappa shape index (κ2) is 8.83. The maximum absolute atomic E-state index is 7.04. The smallest absolute Gasteiger partial charge is 0.0953 e. The summed E-state index contributed by atoms with van der Waals surface area (Å²) in [6, 6.07) is 8.99. The molecule has 2 atom stereocenters. The third kappa shape index (κ3) is 4.37. The Morgan fingerprint density at radius 2 is 1.12 bits per heavy atom. The van der Waals surface area contributed by atoms with E-state index in [-0.39, 0.29) is 0 Å². The van der Waals surface area contributed by atoms with E-state index >= 15 is 0 Å². The molecule has 2 aliphatic rings. The molecule has 2 aromatic heterocycles. The number of rotatable bonds is 6. The van der Waals surface area contributed by atoms with Crippen LogP contribution in [0.25, 0.3) is 0 Å². The van der Waals surface area contributed by atoms with Crippen LogP contribution in [0.5, 0.6) is 0 Å². The monoisotopic (exact) mass is 374 g/mol. The molecule has 2 fully saturated rings. The molecule has 1 nitrogen and oxygen atoms in total. The molecule has 2 heterocycles. The van der Waals surface area contributed by atoms with Crippen molar-refractivity contribution in [1.82, 2.24) is 0 Å². The van der Waals surface area contributed by atoms with E-state index in [9.17, 15) is 0 Å². The lowest BCUT2D eigenvalue weighted by atomic mass is 9.82. The van der Waals surface area contributed by atoms with Gasteiger partial charge >= 0.3 is 0 Å². The zero-order valence-corrected chi connectivity index (χ0v) is 16.7. The average molecular weight is 375 g/mol. The Morgan fingerprint density at radius 3 is 1.48 bits per heavy atom. The topological polar surface area (TPSA) is 9.23 Å². The Morgan fingerprint density at radius 1 is 0.680 bits per heavy atom. The van der Waals surface area contributed by atoms with E-state index in [1.165, 1.54) is 74.0 Å². The van der Waals surface area contributed by atoms with Gasteiger partial charge in [-0.3, -0.25) is 0 Å². The molecule has 0 aliphatic heterocycles. The van der Waals surface area contributed by atoms with Crippen LogP contribution in [0, 0.1) is 11.8 Å². The summed E-state index contributed by atoms with van der Waals surface area (Å²) in [5, 5.41) is 4.44. The van der Waals surface area contributed by atoms with E-state index < -0.39 is 0 Å². The van der Waals surface area contributed by atoms with Crippen LogP contribution in [-0.2, 0) is 4.74 Å². The van der Waals surface area contributed by atoms with Gasteiger partial charge in [-0.2, -0.15) is 0 Å². The highest BCUT2D eigenvalue weighted by Gasteiger charge is 2.34. The molecule has 2 saturated carbocycles. The minimum Gasteiger partial charge on any atom is -0.363 e. The average Bonchev–Trinajstić information content (AvgIpc) is 3.38. The first-order valence-corrected chi connectivity index (χ1v) is 11.9. The number of hydrogen-bond acceptors (Lipinski definition) is 3. The fraction of sp³-hybridized carbons (Fsp3) is 0.636. The first-order chi connectivity index (χ1) is 12.4. The second-order valence-corrected chi connectivity index (χ2v) is 9.76. The third-order valence-electron chi connectivity index (χ3n) is 6.10. The Hall–Kier alpha value is -0.640. The van der Waals surface area contributed by atoms with E-state index in [0.717, 1.165) is 0 Å². The summed E-state index contributed by atoms with van der Waals surface area (Å²) in [6.45, 7) is 0. The van der Waals surface area contributed by atoms with E-state index in [4.69, 9.17) is 4.74 Å². The Labute approximate surface area is 160 Å². The van der Waals surface area contributed by atoms with Crippen molar-refractivity contribution in [3.63, 3.8) is 0 Å². The minimum atomic E-state index is 0.300. The molecule has 25 heavy (non-hydrogen) atoms. The molecule has 3 heteroatoms. The maximum Gasteiger partial charge on any atom is 0.0953 e. The van der Waals surface area contributed by atoms with Gasteiger partial charge in [0.1, 0.15) is 0 Å². The van der Waals surface area contributed by atoms with Crippen molar-refractivity contribution in [3.05, 3.63) is 44.8 Å². The second-order valence-electron chi connectivity index (χ2n) is 7.80. The normalized spacial score (nSPS) is 22.7. The standard InChI is InChI=1S/C22H30OS2/c1-3-9-17(10-4-1)21(19-13-7-15-24-19)23-22(20-14-8-16-25-20)18-11-5-2-6-12-18/h7-8,13-18,21-22H,1-6,9-12H2. The van der Waals surface area contributed by atoms with Crippen molar-refractivity contribution >= 4 is 22.7 Å². The molecule has 0 N–H and O–H groups in total. The number of thiophene rings is 2. The van der Waals surface area contributed by atoms with Crippen LogP contribution in [0.4, 0.5) is 0 Å². The van der Waals surface area contributed by atoms with Crippen LogP contribution in [0.15, 0.2) is 35.0 Å². The van der Waals surface area contributed by atoms with Gasteiger partial charge in [-0.25, -0.2) is 0 Å². The molecule has 0 spiro atoms. The van der Waals surface area contributed by atoms with Crippen molar-refractivity contribution in [2.24, 2.45) is 11.8 Å². The zero-order chi connectivity index (χ0) is 16.9. The lowest BCUT2D eigenvalue weighted by Crippen LogP contribution is -2.25. The predicted octanol–water partition coefficient (Wildman–Crippen LogP) is 7.77. The van der Waals surface area contributed by atoms with E-state index in [2.05, 4.69) is 35.0 Å². The highest BCUT2D eigenvalue weighted by atomic mass is 32.1. The maximum atomic E-state index is 7.04. The fourth-order valence-electron chi connectivity index (χ4n) is 4.76. The van der Waals surface area contributed by atoms with Gasteiger partial charge < -0.3 is 4.74 Å². The van der Waals surface area contributed by atoms with Crippen LogP contribution < -0.4 is 0 Å². The summed E-state index contributed by atoms with van der Waals surface area (Å²) in [4.78, 5) is 2.90. The predicted molar refractivity (Wildman–Crippen MR) is 108 cm³/mol. The molecule has 0 amide bonds. The summed E-state index contributed by atoms with van der Waals surface area (Å²) in [7, 11) is 0. The van der Waals surface area contributed by atoms with Crippen molar-refractivity contribution in [1.29, 1.82) is 0 Å². The summed E-state index contributed by atoms with van der Waals surface area (Å²) in [5.74, 6) is 1.41. The SMILES string of the molecule is c1csc(C(OC(c2cccs2)C2CCCCC2)C2CCCCC2)c1. The molecule has 2 aliphatic carbocycles. The van der Waals surface area contributed by atoms with E-state index in [0.29, 0.717) is 24.0 Å². The van der Waals surface area contributed by atoms with Crippen molar-refractivity contribution in [3.8, 4) is 0 Å². The van der Waals surface area contributed by atoms with Crippen LogP contribution >= 0.6 is 22.7 Å². The van der Waals surface area contributed by atoms with Crippen molar-refractivity contribution in [2.75, 3.05) is 0 Å². The van der Waals surface area contributed by atoms with Crippen molar-refractivity contribution < 1.29 is 4.74 Å². The highest BCUT2D eigenvalue weighted by Crippen LogP contribution is 2.46. The molecule has 4 rings (SSSR count). The van der Waals surface area contributed by atoms with Crippen LogP contribution in [0.1, 0.15) is 86.2 Å². The van der Waals surface area contributed by atoms with Gasteiger partial charge in [-0.15, -0.1) is 22.7 Å². The Kier molecular flexibility index (Phi) is 6.28. The molecule has 0 aromatic carbocycles. The lowest BCUT2D eigenvalue weighted by Gasteiger charge is -2.36. The Bertz CT molecular complexity index is 538. The molecular formula is C22H30OS2. The van der Waals surface area contributed by atoms with Gasteiger partial charge in [0, 0.05) is 9.75 Å². The molecule has 0 radical (unpaired) electrons. The quantitative estimate of drug-likeness (QED) is 0.502. The largest absolute Gasteiger partial charge is 0.363 e. The number of ether oxygens (including phenoxy) is 1. The molecule has 2 unspecified atom stereocenters. The molecule has 2 aromatic rings. The summed E-state index contributed by atoms with van der Waals surface area (Å²) in [5.41, 5.74) is 0. The fourth-order valence-corrected chi connectivity index (χ4v) is 6.47. The van der Waals surface area contributed by atoms with E-state index in [1.54, 1.807) is 0 Å². The highest BCUT2D eigenvalue weighted by molar-refractivity contribution is 7.10. The zero-order valence-electron chi connectivity index (χ0n) is 15.1. The molecule has 0 bridgehead atoms. The summed E-state index contributed by atoms with van der Waals surface area (Å²) >= 11 is 3.78. The van der Waals surface area contributed by atoms with Crippen LogP contribution in [0.2, 0.25) is 0 Å². The van der Waals surface area contributed by atoms with Gasteiger partial charge in [0.2, 0.25) is 0 Å². The van der Waals surface area contributed by atoms with Gasteiger partial charge in [0.25, 0.3) is 0 Å². The molecule has 0 saturated heterocycles. The van der Waals surface area contributed by atoms with Crippen LogP contribution in [0.3, 0.4) is 0 Å². The van der Waals surface area contributed by atoms with Crippen LogP contribution in [-0.4, -0.2) is 0 Å². The summed E-state index contributed by atoms with van der Waals surface area (Å²) in [6.07, 6.45) is 14.3. The molecule has 136 valence electrons. The van der Waals surface area contributed by atoms with Gasteiger partial charge in [0.05, 0.1) is 12.2 Å².